The minimum atomic E-state index is -0.861. The minimum Gasteiger partial charge on any atom is -0.481 e. The fourth-order valence-electron chi connectivity index (χ4n) is 1.95. The number of aromatic nitrogens is 4. The van der Waals surface area contributed by atoms with Gasteiger partial charge in [0, 0.05) is 13.0 Å². The number of aliphatic carboxylic acids is 1. The summed E-state index contributed by atoms with van der Waals surface area (Å²) in [5.41, 5.74) is 1.67. The van der Waals surface area contributed by atoms with E-state index in [1.54, 1.807) is 6.92 Å². The van der Waals surface area contributed by atoms with Gasteiger partial charge in [0.15, 0.2) is 0 Å². The van der Waals surface area contributed by atoms with E-state index in [9.17, 15) is 9.59 Å². The first-order chi connectivity index (χ1) is 10.5. The second kappa shape index (κ2) is 7.30. The van der Waals surface area contributed by atoms with Crippen molar-refractivity contribution < 1.29 is 14.7 Å². The first kappa shape index (κ1) is 15.6. The van der Waals surface area contributed by atoms with Crippen LogP contribution in [0.3, 0.4) is 0 Å². The van der Waals surface area contributed by atoms with Crippen LogP contribution in [0.15, 0.2) is 30.6 Å². The van der Waals surface area contributed by atoms with Crippen molar-refractivity contribution in [3.8, 4) is 5.69 Å². The van der Waals surface area contributed by atoms with E-state index in [-0.39, 0.29) is 24.7 Å². The molecule has 0 spiro atoms. The van der Waals surface area contributed by atoms with Crippen molar-refractivity contribution in [1.82, 2.24) is 25.5 Å². The molecule has 8 nitrogen and oxygen atoms in total. The summed E-state index contributed by atoms with van der Waals surface area (Å²) in [6.45, 7) is 2.14. The Morgan fingerprint density at radius 3 is 2.64 bits per heavy atom. The summed E-state index contributed by atoms with van der Waals surface area (Å²) in [4.78, 5) is 22.4. The van der Waals surface area contributed by atoms with Gasteiger partial charge in [0.25, 0.3) is 0 Å². The molecule has 0 saturated heterocycles. The van der Waals surface area contributed by atoms with Crippen LogP contribution in [0.4, 0.5) is 0 Å². The third-order valence-electron chi connectivity index (χ3n) is 3.09. The first-order valence-corrected chi connectivity index (χ1v) is 6.85. The van der Waals surface area contributed by atoms with Crippen LogP contribution >= 0.6 is 0 Å². The highest BCUT2D eigenvalue weighted by Gasteiger charge is 2.10. The van der Waals surface area contributed by atoms with Crippen LogP contribution in [-0.4, -0.2) is 43.7 Å². The van der Waals surface area contributed by atoms with Crippen LogP contribution < -0.4 is 5.32 Å². The Balaban J connectivity index is 1.83. The predicted octanol–water partition coefficient (Wildman–Crippen LogP) is 0.432. The molecule has 2 N–H and O–H groups in total. The van der Waals surface area contributed by atoms with Crippen molar-refractivity contribution in [2.45, 2.75) is 19.8 Å². The van der Waals surface area contributed by atoms with Gasteiger partial charge in [-0.1, -0.05) is 19.1 Å². The fourth-order valence-corrected chi connectivity index (χ4v) is 1.95. The molecule has 2 rings (SSSR count). The number of amides is 1. The molecular formula is C14H17N5O3. The Morgan fingerprint density at radius 1 is 1.32 bits per heavy atom. The third-order valence-corrected chi connectivity index (χ3v) is 3.09. The van der Waals surface area contributed by atoms with E-state index in [1.807, 2.05) is 24.3 Å². The van der Waals surface area contributed by atoms with Gasteiger partial charge in [0.1, 0.15) is 6.33 Å². The summed E-state index contributed by atoms with van der Waals surface area (Å²) in [7, 11) is 0. The van der Waals surface area contributed by atoms with E-state index < -0.39 is 5.97 Å². The summed E-state index contributed by atoms with van der Waals surface area (Å²) in [5, 5.41) is 22.3. The van der Waals surface area contributed by atoms with Crippen molar-refractivity contribution >= 4 is 11.9 Å². The zero-order valence-electron chi connectivity index (χ0n) is 12.1. The lowest BCUT2D eigenvalue weighted by Gasteiger charge is -2.10. The largest absolute Gasteiger partial charge is 0.481 e. The van der Waals surface area contributed by atoms with E-state index in [2.05, 4.69) is 20.8 Å². The van der Waals surface area contributed by atoms with Crippen molar-refractivity contribution in [3.05, 3.63) is 36.2 Å². The lowest BCUT2D eigenvalue weighted by Crippen LogP contribution is -2.30. The molecule has 1 aromatic heterocycles. The Morgan fingerprint density at radius 2 is 2.05 bits per heavy atom. The van der Waals surface area contributed by atoms with Gasteiger partial charge in [-0.05, 0) is 34.0 Å². The fraction of sp³-hybridized carbons (Fsp3) is 0.357. The first-order valence-electron chi connectivity index (χ1n) is 6.85. The molecule has 0 saturated carbocycles. The quantitative estimate of drug-likeness (QED) is 0.767. The van der Waals surface area contributed by atoms with Crippen molar-refractivity contribution in [1.29, 1.82) is 0 Å². The summed E-state index contributed by atoms with van der Waals surface area (Å²) < 4.78 is 1.53. The average Bonchev–Trinajstić information content (AvgIpc) is 2.99. The lowest BCUT2D eigenvalue weighted by atomic mass is 10.1. The molecule has 0 bridgehead atoms. The molecule has 1 atom stereocenters. The second-order valence-electron chi connectivity index (χ2n) is 5.10. The topological polar surface area (TPSA) is 110 Å². The van der Waals surface area contributed by atoms with Gasteiger partial charge in [-0.2, -0.15) is 0 Å². The van der Waals surface area contributed by atoms with Gasteiger partial charge in [-0.15, -0.1) is 5.10 Å². The number of rotatable bonds is 7. The van der Waals surface area contributed by atoms with E-state index in [0.29, 0.717) is 6.54 Å². The molecule has 8 heteroatoms. The summed E-state index contributed by atoms with van der Waals surface area (Å²) >= 11 is 0. The average molecular weight is 303 g/mol. The number of hydrogen-bond acceptors (Lipinski definition) is 5. The molecule has 0 radical (unpaired) electrons. The van der Waals surface area contributed by atoms with Crippen LogP contribution in [0.1, 0.15) is 18.9 Å². The molecule has 0 aliphatic heterocycles. The Labute approximate surface area is 127 Å². The summed E-state index contributed by atoms with van der Waals surface area (Å²) in [6.07, 6.45) is 1.78. The highest BCUT2D eigenvalue weighted by Crippen LogP contribution is 2.08. The molecule has 1 unspecified atom stereocenters. The van der Waals surface area contributed by atoms with Gasteiger partial charge in [-0.25, -0.2) is 4.68 Å². The summed E-state index contributed by atoms with van der Waals surface area (Å²) in [6, 6.07) is 7.31. The molecule has 1 aromatic carbocycles. The number of nitrogens with zero attached hydrogens (tertiary/aromatic N) is 4. The number of carbonyl (C=O) groups is 2. The van der Waals surface area contributed by atoms with Gasteiger partial charge in [0.2, 0.25) is 5.91 Å². The van der Waals surface area contributed by atoms with Gasteiger partial charge < -0.3 is 10.4 Å². The maximum atomic E-state index is 11.8. The second-order valence-corrected chi connectivity index (χ2v) is 5.10. The standard InChI is InChI=1S/C14H17N5O3/c1-10(6-14(21)22)8-15-13(20)7-11-2-4-12(5-3-11)19-9-16-17-18-19/h2-5,9-10H,6-8H2,1H3,(H,15,20)(H,21,22). The number of carbonyl (C=O) groups excluding carboxylic acids is 1. The van der Waals surface area contributed by atoms with E-state index in [4.69, 9.17) is 5.11 Å². The summed E-state index contributed by atoms with van der Waals surface area (Å²) in [5.74, 6) is -1.09. The molecule has 1 heterocycles. The number of hydrogen-bond donors (Lipinski definition) is 2. The van der Waals surface area contributed by atoms with Crippen LogP contribution in [0, 0.1) is 5.92 Å². The number of carboxylic acid groups (broad SMARTS) is 1. The maximum absolute atomic E-state index is 11.8. The molecular weight excluding hydrogens is 286 g/mol. The van der Waals surface area contributed by atoms with Crippen LogP contribution in [0.5, 0.6) is 0 Å². The minimum absolute atomic E-state index is 0.0426. The van der Waals surface area contributed by atoms with Gasteiger partial charge in [-0.3, -0.25) is 9.59 Å². The maximum Gasteiger partial charge on any atom is 0.303 e. The number of tetrazole rings is 1. The van der Waals surface area contributed by atoms with Crippen molar-refractivity contribution in [3.63, 3.8) is 0 Å². The monoisotopic (exact) mass is 303 g/mol. The molecule has 0 aliphatic carbocycles. The van der Waals surface area contributed by atoms with Gasteiger partial charge in [0.05, 0.1) is 12.1 Å². The normalized spacial score (nSPS) is 11.9. The van der Waals surface area contributed by atoms with Crippen LogP contribution in [0.2, 0.25) is 0 Å². The zero-order valence-corrected chi connectivity index (χ0v) is 12.1. The van der Waals surface area contributed by atoms with E-state index in [1.165, 1.54) is 11.0 Å². The molecule has 1 amide bonds. The van der Waals surface area contributed by atoms with E-state index >= 15 is 0 Å². The third kappa shape index (κ3) is 4.65. The number of carboxylic acids is 1. The van der Waals surface area contributed by atoms with Crippen molar-refractivity contribution in [2.75, 3.05) is 6.54 Å². The molecule has 0 aliphatic rings. The van der Waals surface area contributed by atoms with E-state index in [0.717, 1.165) is 11.3 Å². The smallest absolute Gasteiger partial charge is 0.303 e. The zero-order chi connectivity index (χ0) is 15.9. The Kier molecular flexibility index (Phi) is 5.18. The highest BCUT2D eigenvalue weighted by atomic mass is 16.4. The molecule has 2 aromatic rings. The predicted molar refractivity (Wildman–Crippen MR) is 77.3 cm³/mol. The Hall–Kier alpha value is -2.77. The number of benzene rings is 1. The molecule has 116 valence electrons. The highest BCUT2D eigenvalue weighted by molar-refractivity contribution is 5.78. The van der Waals surface area contributed by atoms with Crippen molar-refractivity contribution in [2.24, 2.45) is 5.92 Å². The van der Waals surface area contributed by atoms with Crippen LogP contribution in [0.25, 0.3) is 5.69 Å². The lowest BCUT2D eigenvalue weighted by molar-refractivity contribution is -0.138. The Bertz CT molecular complexity index is 624. The van der Waals surface area contributed by atoms with Crippen LogP contribution in [-0.2, 0) is 16.0 Å². The number of nitrogens with one attached hydrogen (secondary N) is 1. The van der Waals surface area contributed by atoms with Gasteiger partial charge >= 0.3 is 5.97 Å². The molecule has 22 heavy (non-hydrogen) atoms. The molecule has 0 fully saturated rings. The SMILES string of the molecule is CC(CNC(=O)Cc1ccc(-n2cnnn2)cc1)CC(=O)O.